The zero-order valence-corrected chi connectivity index (χ0v) is 20.4. The van der Waals surface area contributed by atoms with Gasteiger partial charge < -0.3 is 14.8 Å². The molecule has 0 atom stereocenters. The monoisotopic (exact) mass is 472 g/mol. The Hall–Kier alpha value is -3.58. The van der Waals surface area contributed by atoms with Gasteiger partial charge in [-0.05, 0) is 62.2 Å². The number of carbonyl (C=O) groups excluding carboxylic acids is 2. The van der Waals surface area contributed by atoms with Crippen molar-refractivity contribution >= 4 is 46.0 Å². The quantitative estimate of drug-likeness (QED) is 0.347. The Balaban J connectivity index is 1.53. The van der Waals surface area contributed by atoms with Gasteiger partial charge in [-0.15, -0.1) is 0 Å². The molecule has 0 aliphatic heterocycles. The molecule has 6 nitrogen and oxygen atoms in total. The van der Waals surface area contributed by atoms with Gasteiger partial charge in [0.2, 0.25) is 11.8 Å². The number of para-hydroxylation sites is 3. The zero-order chi connectivity index (χ0) is 24.1. The molecular weight excluding hydrogens is 444 g/mol. The van der Waals surface area contributed by atoms with Gasteiger partial charge >= 0.3 is 0 Å². The highest BCUT2D eigenvalue weighted by atomic mass is 32.2. The molecule has 4 aromatic rings. The molecule has 4 rings (SSSR count). The number of hydrogen-bond acceptors (Lipinski definition) is 4. The van der Waals surface area contributed by atoms with E-state index in [-0.39, 0.29) is 24.1 Å². The SMILES string of the molecule is CCN(C(=O)CSc1nc2ccccc2n1CC(=O)Nc1cccc(C)c1C)c1ccccc1. The molecule has 0 saturated heterocycles. The maximum atomic E-state index is 13.0. The fourth-order valence-electron chi connectivity index (χ4n) is 3.85. The fourth-order valence-corrected chi connectivity index (χ4v) is 4.74. The Kier molecular flexibility index (Phi) is 7.33. The number of carbonyl (C=O) groups is 2. The summed E-state index contributed by atoms with van der Waals surface area (Å²) in [6.07, 6.45) is 0. The highest BCUT2D eigenvalue weighted by molar-refractivity contribution is 7.99. The van der Waals surface area contributed by atoms with Crippen molar-refractivity contribution in [3.05, 3.63) is 83.9 Å². The van der Waals surface area contributed by atoms with E-state index in [0.717, 1.165) is 33.5 Å². The minimum absolute atomic E-state index is 0.00265. The van der Waals surface area contributed by atoms with E-state index in [2.05, 4.69) is 5.32 Å². The van der Waals surface area contributed by atoms with Gasteiger partial charge in [-0.25, -0.2) is 4.98 Å². The van der Waals surface area contributed by atoms with Crippen molar-refractivity contribution in [1.82, 2.24) is 9.55 Å². The minimum Gasteiger partial charge on any atom is -0.324 e. The summed E-state index contributed by atoms with van der Waals surface area (Å²) in [6, 6.07) is 23.2. The lowest BCUT2D eigenvalue weighted by molar-refractivity contribution is -0.117. The van der Waals surface area contributed by atoms with Gasteiger partial charge in [0.05, 0.1) is 16.8 Å². The van der Waals surface area contributed by atoms with Gasteiger partial charge in [0, 0.05) is 17.9 Å². The molecule has 1 aromatic heterocycles. The van der Waals surface area contributed by atoms with Crippen molar-refractivity contribution < 1.29 is 9.59 Å². The number of fused-ring (bicyclic) bond motifs is 1. The van der Waals surface area contributed by atoms with Crippen LogP contribution in [0.3, 0.4) is 0 Å². The molecule has 0 bridgehead atoms. The Morgan fingerprint density at radius 1 is 0.971 bits per heavy atom. The van der Waals surface area contributed by atoms with Crippen LogP contribution >= 0.6 is 11.8 Å². The second-order valence-electron chi connectivity index (χ2n) is 8.03. The standard InChI is InChI=1S/C27H28N4O2S/c1-4-30(21-12-6-5-7-13-21)26(33)18-34-27-29-23-14-8-9-16-24(23)31(27)17-25(32)28-22-15-10-11-19(2)20(22)3/h5-16H,4,17-18H2,1-3H3,(H,28,32). The molecular formula is C27H28N4O2S. The van der Waals surface area contributed by atoms with E-state index in [1.807, 2.05) is 98.1 Å². The van der Waals surface area contributed by atoms with Crippen LogP contribution in [0.5, 0.6) is 0 Å². The highest BCUT2D eigenvalue weighted by Gasteiger charge is 2.19. The van der Waals surface area contributed by atoms with Gasteiger partial charge in [-0.3, -0.25) is 9.59 Å². The van der Waals surface area contributed by atoms with Crippen molar-refractivity contribution in [2.45, 2.75) is 32.5 Å². The summed E-state index contributed by atoms with van der Waals surface area (Å²) in [5.74, 6) is 0.0895. The molecule has 1 heterocycles. The van der Waals surface area contributed by atoms with Gasteiger partial charge in [0.25, 0.3) is 0 Å². The predicted octanol–water partition coefficient (Wildman–Crippen LogP) is 5.44. The topological polar surface area (TPSA) is 67.2 Å². The maximum absolute atomic E-state index is 13.0. The van der Waals surface area contributed by atoms with E-state index in [9.17, 15) is 9.59 Å². The average molecular weight is 473 g/mol. The number of amides is 2. The molecule has 174 valence electrons. The van der Waals surface area contributed by atoms with Crippen molar-refractivity contribution in [1.29, 1.82) is 0 Å². The van der Waals surface area contributed by atoms with Crippen molar-refractivity contribution in [3.63, 3.8) is 0 Å². The van der Waals surface area contributed by atoms with Crippen LogP contribution in [0.25, 0.3) is 11.0 Å². The zero-order valence-electron chi connectivity index (χ0n) is 19.6. The molecule has 7 heteroatoms. The third kappa shape index (κ3) is 5.15. The van der Waals surface area contributed by atoms with Crippen LogP contribution < -0.4 is 10.2 Å². The predicted molar refractivity (Wildman–Crippen MR) is 139 cm³/mol. The fraction of sp³-hybridized carbons (Fsp3) is 0.222. The molecule has 34 heavy (non-hydrogen) atoms. The lowest BCUT2D eigenvalue weighted by atomic mass is 10.1. The number of imidazole rings is 1. The van der Waals surface area contributed by atoms with Crippen LogP contribution in [0, 0.1) is 13.8 Å². The Morgan fingerprint density at radius 3 is 2.47 bits per heavy atom. The summed E-state index contributed by atoms with van der Waals surface area (Å²) < 4.78 is 1.88. The summed E-state index contributed by atoms with van der Waals surface area (Å²) in [4.78, 5) is 32.4. The second kappa shape index (κ2) is 10.6. The average Bonchev–Trinajstić information content (AvgIpc) is 3.19. The lowest BCUT2D eigenvalue weighted by Gasteiger charge is -2.20. The number of thioether (sulfide) groups is 1. The van der Waals surface area contributed by atoms with E-state index in [0.29, 0.717) is 11.7 Å². The number of aryl methyl sites for hydroxylation is 1. The first-order valence-electron chi connectivity index (χ1n) is 11.3. The normalized spacial score (nSPS) is 10.9. The Labute approximate surface area is 204 Å². The summed E-state index contributed by atoms with van der Waals surface area (Å²) in [5.41, 5.74) is 5.51. The number of nitrogens with zero attached hydrogens (tertiary/aromatic N) is 3. The van der Waals surface area contributed by atoms with E-state index >= 15 is 0 Å². The molecule has 0 radical (unpaired) electrons. The smallest absolute Gasteiger partial charge is 0.244 e. The number of hydrogen-bond donors (Lipinski definition) is 1. The van der Waals surface area contributed by atoms with Gasteiger partial charge in [-0.2, -0.15) is 0 Å². The first kappa shape index (κ1) is 23.6. The third-order valence-corrected chi connectivity index (χ3v) is 6.77. The van der Waals surface area contributed by atoms with Crippen LogP contribution in [0.2, 0.25) is 0 Å². The lowest BCUT2D eigenvalue weighted by Crippen LogP contribution is -2.32. The van der Waals surface area contributed by atoms with Crippen molar-refractivity contribution in [3.8, 4) is 0 Å². The molecule has 0 unspecified atom stereocenters. The molecule has 1 N–H and O–H groups in total. The van der Waals surface area contributed by atoms with E-state index in [1.54, 1.807) is 4.90 Å². The summed E-state index contributed by atoms with van der Waals surface area (Å²) >= 11 is 1.35. The summed E-state index contributed by atoms with van der Waals surface area (Å²) in [6.45, 7) is 6.67. The van der Waals surface area contributed by atoms with Crippen LogP contribution in [-0.4, -0.2) is 33.7 Å². The van der Waals surface area contributed by atoms with Crippen molar-refractivity contribution in [2.75, 3.05) is 22.5 Å². The number of aromatic nitrogens is 2. The van der Waals surface area contributed by atoms with Crippen LogP contribution in [-0.2, 0) is 16.1 Å². The molecule has 0 saturated carbocycles. The minimum atomic E-state index is -0.135. The molecule has 0 spiro atoms. The second-order valence-corrected chi connectivity index (χ2v) is 8.97. The first-order chi connectivity index (χ1) is 16.5. The van der Waals surface area contributed by atoms with Crippen LogP contribution in [0.4, 0.5) is 11.4 Å². The number of nitrogens with one attached hydrogen (secondary N) is 1. The third-order valence-electron chi connectivity index (χ3n) is 5.81. The Bertz CT molecular complexity index is 1320. The van der Waals surface area contributed by atoms with Crippen LogP contribution in [0.15, 0.2) is 78.0 Å². The molecule has 3 aromatic carbocycles. The molecule has 0 fully saturated rings. The number of anilines is 2. The summed E-state index contributed by atoms with van der Waals surface area (Å²) in [7, 11) is 0. The van der Waals surface area contributed by atoms with E-state index in [1.165, 1.54) is 11.8 Å². The van der Waals surface area contributed by atoms with Crippen molar-refractivity contribution in [2.24, 2.45) is 0 Å². The largest absolute Gasteiger partial charge is 0.324 e. The van der Waals surface area contributed by atoms with Gasteiger partial charge in [0.15, 0.2) is 5.16 Å². The van der Waals surface area contributed by atoms with E-state index in [4.69, 9.17) is 4.98 Å². The Morgan fingerprint density at radius 2 is 1.71 bits per heavy atom. The van der Waals surface area contributed by atoms with Gasteiger partial charge in [-0.1, -0.05) is 54.2 Å². The van der Waals surface area contributed by atoms with Crippen LogP contribution in [0.1, 0.15) is 18.1 Å². The molecule has 0 aliphatic rings. The maximum Gasteiger partial charge on any atom is 0.244 e. The molecule has 2 amide bonds. The molecule has 0 aliphatic carbocycles. The number of rotatable bonds is 8. The van der Waals surface area contributed by atoms with Gasteiger partial charge in [0.1, 0.15) is 6.54 Å². The number of benzene rings is 3. The first-order valence-corrected chi connectivity index (χ1v) is 12.3. The highest BCUT2D eigenvalue weighted by Crippen LogP contribution is 2.26. The van der Waals surface area contributed by atoms with E-state index < -0.39 is 0 Å². The summed E-state index contributed by atoms with van der Waals surface area (Å²) in [5, 5.41) is 3.67.